The SMILES string of the molecule is Cc1noc(C)c1COc1ccccc1C(=O)OCC(=O)N[C@H]1CCCC[C@@H]1C. The van der Waals surface area contributed by atoms with Gasteiger partial charge >= 0.3 is 5.97 Å². The molecule has 29 heavy (non-hydrogen) atoms. The summed E-state index contributed by atoms with van der Waals surface area (Å²) in [5, 5.41) is 6.88. The standard InChI is InChI=1S/C22H28N2O5/c1-14-8-4-6-10-19(14)23-21(25)13-28-22(26)17-9-5-7-11-20(17)27-12-18-15(2)24-29-16(18)3/h5,7,9,11,14,19H,4,6,8,10,12-13H2,1-3H3,(H,23,25)/t14-,19-/m0/s1. The van der Waals surface area contributed by atoms with Crippen LogP contribution in [-0.4, -0.2) is 29.7 Å². The van der Waals surface area contributed by atoms with E-state index in [-0.39, 0.29) is 30.7 Å². The summed E-state index contributed by atoms with van der Waals surface area (Å²) in [6.07, 6.45) is 4.40. The van der Waals surface area contributed by atoms with Crippen LogP contribution in [0.3, 0.4) is 0 Å². The molecule has 0 bridgehead atoms. The van der Waals surface area contributed by atoms with E-state index in [9.17, 15) is 9.59 Å². The van der Waals surface area contributed by atoms with Gasteiger partial charge in [0.05, 0.1) is 11.3 Å². The van der Waals surface area contributed by atoms with Gasteiger partial charge in [0.2, 0.25) is 0 Å². The maximum atomic E-state index is 12.5. The molecule has 1 aromatic carbocycles. The Morgan fingerprint density at radius 1 is 1.21 bits per heavy atom. The number of esters is 1. The maximum absolute atomic E-state index is 12.5. The van der Waals surface area contributed by atoms with Crippen LogP contribution in [0.25, 0.3) is 0 Å². The zero-order valence-electron chi connectivity index (χ0n) is 17.2. The topological polar surface area (TPSA) is 90.7 Å². The van der Waals surface area contributed by atoms with E-state index in [1.54, 1.807) is 24.3 Å². The molecule has 1 fully saturated rings. The van der Waals surface area contributed by atoms with Crippen LogP contribution in [0.1, 0.15) is 60.0 Å². The number of hydrogen-bond donors (Lipinski definition) is 1. The Morgan fingerprint density at radius 2 is 1.97 bits per heavy atom. The Labute approximate surface area is 170 Å². The van der Waals surface area contributed by atoms with E-state index in [2.05, 4.69) is 17.4 Å². The first-order valence-electron chi connectivity index (χ1n) is 10.1. The summed E-state index contributed by atoms with van der Waals surface area (Å²) in [7, 11) is 0. The molecule has 7 nitrogen and oxygen atoms in total. The average Bonchev–Trinajstić information content (AvgIpc) is 3.04. The zero-order chi connectivity index (χ0) is 20.8. The lowest BCUT2D eigenvalue weighted by Crippen LogP contribution is -2.42. The van der Waals surface area contributed by atoms with Crippen molar-refractivity contribution in [2.24, 2.45) is 5.92 Å². The van der Waals surface area contributed by atoms with Crippen molar-refractivity contribution < 1.29 is 23.6 Å². The number of carbonyl (C=O) groups is 2. The van der Waals surface area contributed by atoms with Crippen molar-refractivity contribution in [1.82, 2.24) is 10.5 Å². The number of nitrogens with zero attached hydrogens (tertiary/aromatic N) is 1. The number of rotatable bonds is 7. The number of nitrogens with one attached hydrogen (secondary N) is 1. The zero-order valence-corrected chi connectivity index (χ0v) is 17.2. The Bertz CT molecular complexity index is 841. The third-order valence-corrected chi connectivity index (χ3v) is 5.45. The minimum Gasteiger partial charge on any atom is -0.488 e. The van der Waals surface area contributed by atoms with Crippen molar-refractivity contribution in [3.05, 3.63) is 46.8 Å². The van der Waals surface area contributed by atoms with E-state index in [0.29, 0.717) is 17.4 Å². The van der Waals surface area contributed by atoms with Crippen LogP contribution in [0.15, 0.2) is 28.8 Å². The second-order valence-electron chi connectivity index (χ2n) is 7.60. The van der Waals surface area contributed by atoms with Crippen molar-refractivity contribution >= 4 is 11.9 Å². The smallest absolute Gasteiger partial charge is 0.342 e. The highest BCUT2D eigenvalue weighted by Crippen LogP contribution is 2.24. The first-order valence-corrected chi connectivity index (χ1v) is 10.1. The van der Waals surface area contributed by atoms with Crippen LogP contribution >= 0.6 is 0 Å². The van der Waals surface area contributed by atoms with Gasteiger partial charge < -0.3 is 19.3 Å². The summed E-state index contributed by atoms with van der Waals surface area (Å²) in [4.78, 5) is 24.7. The highest BCUT2D eigenvalue weighted by Gasteiger charge is 2.23. The minimum absolute atomic E-state index is 0.153. The number of benzene rings is 1. The van der Waals surface area contributed by atoms with Crippen LogP contribution in [0.4, 0.5) is 0 Å². The van der Waals surface area contributed by atoms with Gasteiger partial charge in [0.25, 0.3) is 5.91 Å². The molecule has 1 N–H and O–H groups in total. The van der Waals surface area contributed by atoms with E-state index in [1.807, 2.05) is 13.8 Å². The normalized spacial score (nSPS) is 18.9. The molecular weight excluding hydrogens is 372 g/mol. The van der Waals surface area contributed by atoms with Gasteiger partial charge in [0.15, 0.2) is 6.61 Å². The van der Waals surface area contributed by atoms with E-state index in [0.717, 1.165) is 30.5 Å². The fourth-order valence-corrected chi connectivity index (χ4v) is 3.61. The molecule has 3 rings (SSSR count). The molecule has 1 aliphatic rings. The summed E-state index contributed by atoms with van der Waals surface area (Å²) < 4.78 is 16.2. The van der Waals surface area contributed by atoms with Crippen LogP contribution in [-0.2, 0) is 16.1 Å². The summed E-state index contributed by atoms with van der Waals surface area (Å²) in [5.74, 6) is 0.647. The third-order valence-electron chi connectivity index (χ3n) is 5.45. The number of amides is 1. The molecule has 2 atom stereocenters. The molecular formula is C22H28N2O5. The van der Waals surface area contributed by atoms with Crippen molar-refractivity contribution in [3.8, 4) is 5.75 Å². The average molecular weight is 400 g/mol. The monoisotopic (exact) mass is 400 g/mol. The first-order chi connectivity index (χ1) is 14.0. The highest BCUT2D eigenvalue weighted by molar-refractivity contribution is 5.94. The van der Waals surface area contributed by atoms with Gasteiger partial charge in [0.1, 0.15) is 23.7 Å². The number of para-hydroxylation sites is 1. The van der Waals surface area contributed by atoms with Crippen LogP contribution in [0, 0.1) is 19.8 Å². The van der Waals surface area contributed by atoms with E-state index in [1.165, 1.54) is 6.42 Å². The van der Waals surface area contributed by atoms with Gasteiger partial charge in [-0.05, 0) is 44.7 Å². The van der Waals surface area contributed by atoms with Crippen molar-refractivity contribution in [3.63, 3.8) is 0 Å². The van der Waals surface area contributed by atoms with E-state index < -0.39 is 5.97 Å². The number of hydrogen-bond acceptors (Lipinski definition) is 6. The molecule has 2 aromatic rings. The number of aromatic nitrogens is 1. The van der Waals surface area contributed by atoms with Crippen LogP contribution in [0.2, 0.25) is 0 Å². The quantitative estimate of drug-likeness (QED) is 0.713. The number of aryl methyl sites for hydroxylation is 2. The molecule has 1 amide bonds. The molecule has 0 radical (unpaired) electrons. The lowest BCUT2D eigenvalue weighted by Gasteiger charge is -2.29. The van der Waals surface area contributed by atoms with Gasteiger partial charge in [-0.15, -0.1) is 0 Å². The third kappa shape index (κ3) is 5.37. The number of carbonyl (C=O) groups excluding carboxylic acids is 2. The molecule has 1 heterocycles. The Hall–Kier alpha value is -2.83. The molecule has 0 unspecified atom stereocenters. The number of ether oxygens (including phenoxy) is 2. The predicted molar refractivity (Wildman–Crippen MR) is 107 cm³/mol. The minimum atomic E-state index is -0.591. The Kier molecular flexibility index (Phi) is 6.90. The van der Waals surface area contributed by atoms with Gasteiger partial charge in [-0.1, -0.05) is 37.1 Å². The van der Waals surface area contributed by atoms with Crippen molar-refractivity contribution in [1.29, 1.82) is 0 Å². The summed E-state index contributed by atoms with van der Waals surface area (Å²) in [6.45, 7) is 5.71. The van der Waals surface area contributed by atoms with Gasteiger partial charge in [-0.25, -0.2) is 4.79 Å². The predicted octanol–water partition coefficient (Wildman–Crippen LogP) is 3.72. The van der Waals surface area contributed by atoms with Gasteiger partial charge in [0, 0.05) is 6.04 Å². The highest BCUT2D eigenvalue weighted by atomic mass is 16.5. The second kappa shape index (κ2) is 9.58. The van der Waals surface area contributed by atoms with Gasteiger partial charge in [-0.2, -0.15) is 0 Å². The first kappa shape index (κ1) is 20.9. The summed E-state index contributed by atoms with van der Waals surface area (Å²) in [6, 6.07) is 6.96. The fourth-order valence-electron chi connectivity index (χ4n) is 3.61. The molecule has 0 saturated heterocycles. The molecule has 1 saturated carbocycles. The van der Waals surface area contributed by atoms with E-state index >= 15 is 0 Å². The van der Waals surface area contributed by atoms with E-state index in [4.69, 9.17) is 14.0 Å². The summed E-state index contributed by atoms with van der Waals surface area (Å²) >= 11 is 0. The largest absolute Gasteiger partial charge is 0.488 e. The van der Waals surface area contributed by atoms with Crippen LogP contribution in [0.5, 0.6) is 5.75 Å². The molecule has 1 aromatic heterocycles. The van der Waals surface area contributed by atoms with Crippen molar-refractivity contribution in [2.45, 2.75) is 59.1 Å². The molecule has 7 heteroatoms. The molecule has 0 spiro atoms. The van der Waals surface area contributed by atoms with Crippen LogP contribution < -0.4 is 10.1 Å². The second-order valence-corrected chi connectivity index (χ2v) is 7.60. The summed E-state index contributed by atoms with van der Waals surface area (Å²) in [5.41, 5.74) is 1.86. The van der Waals surface area contributed by atoms with Crippen molar-refractivity contribution in [2.75, 3.05) is 6.61 Å². The maximum Gasteiger partial charge on any atom is 0.342 e. The fraction of sp³-hybridized carbons (Fsp3) is 0.500. The molecule has 0 aliphatic heterocycles. The lowest BCUT2D eigenvalue weighted by molar-refractivity contribution is -0.125. The molecule has 156 valence electrons. The van der Waals surface area contributed by atoms with Gasteiger partial charge in [-0.3, -0.25) is 4.79 Å². The lowest BCUT2D eigenvalue weighted by atomic mass is 9.86. The Morgan fingerprint density at radius 3 is 2.69 bits per heavy atom. The molecule has 1 aliphatic carbocycles. The Balaban J connectivity index is 1.56.